The molecule has 5 rings (SSSR count). The highest BCUT2D eigenvalue weighted by Gasteiger charge is 2.32. The molecule has 1 aromatic carbocycles. The molecule has 4 atom stereocenters. The second-order valence-corrected chi connectivity index (χ2v) is 11.1. The molecule has 3 aromatic rings. The minimum absolute atomic E-state index is 0.0595. The number of aliphatic hydroxyl groups is 1. The van der Waals surface area contributed by atoms with Crippen LogP contribution in [0, 0.1) is 18.8 Å². The molecule has 2 aromatic heterocycles. The zero-order valence-electron chi connectivity index (χ0n) is 22.8. The number of hydrogen-bond acceptors (Lipinski definition) is 6. The molecule has 11 heteroatoms. The number of nitrogens with zero attached hydrogens (tertiary/aromatic N) is 2. The van der Waals surface area contributed by atoms with Crippen molar-refractivity contribution in [2.75, 3.05) is 6.61 Å². The molecule has 2 aliphatic rings. The summed E-state index contributed by atoms with van der Waals surface area (Å²) in [7, 11) is 0. The topological polar surface area (TPSA) is 129 Å². The van der Waals surface area contributed by atoms with E-state index in [0.29, 0.717) is 71.1 Å². The first-order chi connectivity index (χ1) is 19.1. The van der Waals surface area contributed by atoms with E-state index in [1.807, 2.05) is 6.92 Å². The first kappa shape index (κ1) is 27.9. The van der Waals surface area contributed by atoms with Crippen LogP contribution in [-0.2, 0) is 4.79 Å². The lowest BCUT2D eigenvalue weighted by Gasteiger charge is -2.35. The Morgan fingerprint density at radius 2 is 1.95 bits per heavy atom. The van der Waals surface area contributed by atoms with Gasteiger partial charge in [-0.05, 0) is 76.0 Å². The Balaban J connectivity index is 1.40. The maximum atomic E-state index is 13.6. The number of aromatic nitrogens is 3. The predicted molar refractivity (Wildman–Crippen MR) is 145 cm³/mol. The molecule has 0 spiro atoms. The first-order valence-electron chi connectivity index (χ1n) is 13.8. The van der Waals surface area contributed by atoms with E-state index >= 15 is 0 Å². The average Bonchev–Trinajstić information content (AvgIpc) is 3.68. The Hall–Kier alpha value is -3.60. The van der Waals surface area contributed by atoms with Crippen LogP contribution in [0.2, 0.25) is 0 Å². The normalized spacial score (nSPS) is 21.8. The largest absolute Gasteiger partial charge is 0.493 e. The fourth-order valence-corrected chi connectivity index (χ4v) is 5.39. The Morgan fingerprint density at radius 1 is 1.18 bits per heavy atom. The number of rotatable bonds is 9. The van der Waals surface area contributed by atoms with Crippen molar-refractivity contribution in [3.05, 3.63) is 41.3 Å². The monoisotopic (exact) mass is 555 g/mol. The fraction of sp³-hybridized carbons (Fsp3) is 0.517. The quantitative estimate of drug-likeness (QED) is 0.309. The van der Waals surface area contributed by atoms with E-state index in [1.54, 1.807) is 13.0 Å². The lowest BCUT2D eigenvalue weighted by Crippen LogP contribution is -2.49. The van der Waals surface area contributed by atoms with E-state index in [2.05, 4.69) is 25.6 Å². The predicted octanol–water partition coefficient (Wildman–Crippen LogP) is 4.44. The third-order valence-electron chi connectivity index (χ3n) is 7.89. The molecule has 0 radical (unpaired) electrons. The summed E-state index contributed by atoms with van der Waals surface area (Å²) in [5.41, 5.74) is 2.52. The van der Waals surface area contributed by atoms with Crippen LogP contribution in [0.25, 0.3) is 22.3 Å². The van der Waals surface area contributed by atoms with Gasteiger partial charge >= 0.3 is 0 Å². The van der Waals surface area contributed by atoms with E-state index in [1.165, 1.54) is 25.4 Å². The molecule has 2 aliphatic carbocycles. The van der Waals surface area contributed by atoms with E-state index in [4.69, 9.17) is 4.74 Å². The van der Waals surface area contributed by atoms with Crippen LogP contribution in [0.3, 0.4) is 0 Å². The van der Waals surface area contributed by atoms with Crippen molar-refractivity contribution >= 4 is 22.8 Å². The number of amides is 2. The van der Waals surface area contributed by atoms with Crippen LogP contribution < -0.4 is 15.4 Å². The standard InChI is InChI=1S/C29H35F2N5O4/c1-14-10-19(35-28(38)16(3)37)7-8-21(14)36-29(39)23-15(2)34-26-24(32-13-33-25(23)26)20-11-18(27(30)31)6-9-22(20)40-12-17-4-5-17/h6,9,11,13-14,16-17,19,21,27,34,37H,4-5,7-8,10,12H2,1-3H3,(H,35,38)(H,36,39)/t14-,16+,19+,21+/m1/s1. The summed E-state index contributed by atoms with van der Waals surface area (Å²) in [6.07, 6.45) is 1.81. The van der Waals surface area contributed by atoms with Gasteiger partial charge in [-0.3, -0.25) is 9.59 Å². The summed E-state index contributed by atoms with van der Waals surface area (Å²) >= 11 is 0. The number of nitrogens with one attached hydrogen (secondary N) is 3. The number of aryl methyl sites for hydroxylation is 1. The number of halogens is 2. The highest BCUT2D eigenvalue weighted by Crippen LogP contribution is 2.38. The highest BCUT2D eigenvalue weighted by atomic mass is 19.3. The van der Waals surface area contributed by atoms with Gasteiger partial charge in [-0.1, -0.05) is 6.92 Å². The second kappa shape index (κ2) is 11.5. The van der Waals surface area contributed by atoms with E-state index in [-0.39, 0.29) is 29.5 Å². The van der Waals surface area contributed by atoms with Crippen molar-refractivity contribution in [2.24, 2.45) is 11.8 Å². The van der Waals surface area contributed by atoms with Gasteiger partial charge in [-0.15, -0.1) is 0 Å². The second-order valence-electron chi connectivity index (χ2n) is 11.1. The number of H-pyrrole nitrogens is 1. The molecule has 2 saturated carbocycles. The van der Waals surface area contributed by atoms with E-state index < -0.39 is 18.4 Å². The maximum Gasteiger partial charge on any atom is 0.263 e. The Kier molecular flexibility index (Phi) is 8.02. The fourth-order valence-electron chi connectivity index (χ4n) is 5.39. The van der Waals surface area contributed by atoms with Crippen LogP contribution in [0.5, 0.6) is 5.75 Å². The van der Waals surface area contributed by atoms with Gasteiger partial charge in [0.25, 0.3) is 12.3 Å². The number of aliphatic hydroxyl groups excluding tert-OH is 1. The van der Waals surface area contributed by atoms with Crippen LogP contribution in [0.1, 0.15) is 74.0 Å². The Morgan fingerprint density at radius 3 is 2.62 bits per heavy atom. The summed E-state index contributed by atoms with van der Waals surface area (Å²) in [6, 6.07) is 4.14. The summed E-state index contributed by atoms with van der Waals surface area (Å²) in [6.45, 7) is 5.73. The number of benzene rings is 1. The molecular formula is C29H35F2N5O4. The van der Waals surface area contributed by atoms with Gasteiger partial charge in [0.05, 0.1) is 17.7 Å². The molecule has 0 saturated heterocycles. The minimum atomic E-state index is -2.65. The molecular weight excluding hydrogens is 520 g/mol. The van der Waals surface area contributed by atoms with E-state index in [0.717, 1.165) is 12.8 Å². The summed E-state index contributed by atoms with van der Waals surface area (Å²) < 4.78 is 33.2. The van der Waals surface area contributed by atoms with Gasteiger partial charge in [0.1, 0.15) is 29.4 Å². The Labute approximate surface area is 231 Å². The van der Waals surface area contributed by atoms with Crippen molar-refractivity contribution in [1.29, 1.82) is 0 Å². The van der Waals surface area contributed by atoms with Crippen LogP contribution in [-0.4, -0.2) is 56.7 Å². The van der Waals surface area contributed by atoms with Crippen molar-refractivity contribution in [3.8, 4) is 17.0 Å². The number of carbonyl (C=O) groups is 2. The van der Waals surface area contributed by atoms with E-state index in [9.17, 15) is 23.5 Å². The van der Waals surface area contributed by atoms with Crippen LogP contribution in [0.4, 0.5) is 8.78 Å². The molecule has 40 heavy (non-hydrogen) atoms. The van der Waals surface area contributed by atoms with Gasteiger partial charge in [0.15, 0.2) is 0 Å². The van der Waals surface area contributed by atoms with Crippen molar-refractivity contribution in [3.63, 3.8) is 0 Å². The van der Waals surface area contributed by atoms with Crippen molar-refractivity contribution in [1.82, 2.24) is 25.6 Å². The summed E-state index contributed by atoms with van der Waals surface area (Å²) in [4.78, 5) is 37.4. The molecule has 0 unspecified atom stereocenters. The maximum absolute atomic E-state index is 13.6. The number of fused-ring (bicyclic) bond motifs is 1. The molecule has 9 nitrogen and oxygen atoms in total. The van der Waals surface area contributed by atoms with Gasteiger partial charge in [0, 0.05) is 28.9 Å². The van der Waals surface area contributed by atoms with Crippen LogP contribution in [0.15, 0.2) is 24.5 Å². The van der Waals surface area contributed by atoms with Gasteiger partial charge in [0.2, 0.25) is 5.91 Å². The summed E-state index contributed by atoms with van der Waals surface area (Å²) in [5, 5.41) is 15.5. The minimum Gasteiger partial charge on any atom is -0.493 e. The molecule has 2 fully saturated rings. The lowest BCUT2D eigenvalue weighted by atomic mass is 9.82. The third kappa shape index (κ3) is 5.94. The highest BCUT2D eigenvalue weighted by molar-refractivity contribution is 6.09. The molecule has 2 heterocycles. The Bertz CT molecular complexity index is 1400. The smallest absolute Gasteiger partial charge is 0.263 e. The molecule has 4 N–H and O–H groups in total. The van der Waals surface area contributed by atoms with Gasteiger partial charge in [-0.25, -0.2) is 18.7 Å². The molecule has 0 aliphatic heterocycles. The SMILES string of the molecule is Cc1[nH]c2c(-c3cc(C(F)F)ccc3OCC3CC3)ncnc2c1C(=O)N[C@H]1CC[C@H](NC(=O)[C@H](C)O)C[C@H]1C. The number of ether oxygens (including phenoxy) is 1. The number of carbonyl (C=O) groups excluding carboxylic acids is 2. The first-order valence-corrected chi connectivity index (χ1v) is 13.8. The van der Waals surface area contributed by atoms with Crippen molar-refractivity contribution in [2.45, 2.75) is 77.5 Å². The zero-order valence-corrected chi connectivity index (χ0v) is 22.8. The molecule has 0 bridgehead atoms. The number of aromatic amines is 1. The lowest BCUT2D eigenvalue weighted by molar-refractivity contribution is -0.129. The number of alkyl halides is 2. The van der Waals surface area contributed by atoms with Crippen molar-refractivity contribution < 1.29 is 28.2 Å². The third-order valence-corrected chi connectivity index (χ3v) is 7.89. The van der Waals surface area contributed by atoms with Gasteiger partial charge in [-0.2, -0.15) is 0 Å². The molecule has 2 amide bonds. The van der Waals surface area contributed by atoms with Gasteiger partial charge < -0.3 is 25.5 Å². The molecule has 214 valence electrons. The zero-order chi connectivity index (χ0) is 28.6. The van der Waals surface area contributed by atoms with Crippen LogP contribution >= 0.6 is 0 Å². The number of hydrogen-bond donors (Lipinski definition) is 4. The average molecular weight is 556 g/mol. The summed E-state index contributed by atoms with van der Waals surface area (Å²) in [5.74, 6) is 0.342.